The Balaban J connectivity index is 2.20. The molecule has 0 radical (unpaired) electrons. The molecule has 2 aliphatic heterocycles. The summed E-state index contributed by atoms with van der Waals surface area (Å²) in [5, 5.41) is 9.84. The maximum Gasteiger partial charge on any atom is 0.270 e. The minimum absolute atomic E-state index is 0.0225. The van der Waals surface area contributed by atoms with Crippen LogP contribution in [-0.2, 0) is 11.3 Å². The highest BCUT2D eigenvalue weighted by atomic mass is 32.2. The molecule has 1 atom stereocenters. The van der Waals surface area contributed by atoms with Crippen molar-refractivity contribution >= 4 is 46.1 Å². The van der Waals surface area contributed by atoms with Gasteiger partial charge in [-0.25, -0.2) is 0 Å². The lowest BCUT2D eigenvalue weighted by Gasteiger charge is -2.37. The van der Waals surface area contributed by atoms with Crippen LogP contribution in [-0.4, -0.2) is 63.4 Å². The van der Waals surface area contributed by atoms with Gasteiger partial charge in [-0.3, -0.25) is 19.1 Å². The first-order valence-corrected chi connectivity index (χ1v) is 13.4. The summed E-state index contributed by atoms with van der Waals surface area (Å²) in [4.78, 5) is 33.5. The third kappa shape index (κ3) is 5.09. The molecule has 184 valence electrons. The Morgan fingerprint density at radius 3 is 2.41 bits per heavy atom. The summed E-state index contributed by atoms with van der Waals surface area (Å²) < 4.78 is 2.32. The molecule has 2 saturated heterocycles. The predicted molar refractivity (Wildman–Crippen MR) is 144 cm³/mol. The van der Waals surface area contributed by atoms with E-state index in [-0.39, 0.29) is 23.1 Å². The number of carbonyl (C=O) groups excluding carboxylic acids is 1. The van der Waals surface area contributed by atoms with Crippen molar-refractivity contribution in [2.24, 2.45) is 0 Å². The van der Waals surface area contributed by atoms with Crippen molar-refractivity contribution < 1.29 is 4.79 Å². The number of aromatic nitrogens is 1. The van der Waals surface area contributed by atoms with Crippen LogP contribution < -0.4 is 10.5 Å². The highest BCUT2D eigenvalue weighted by Crippen LogP contribution is 2.37. The molecule has 34 heavy (non-hydrogen) atoms. The Hall–Kier alpha value is -2.15. The fourth-order valence-electron chi connectivity index (χ4n) is 4.46. The highest BCUT2D eigenvalue weighted by molar-refractivity contribution is 8.26. The van der Waals surface area contributed by atoms with Gasteiger partial charge in [0.05, 0.1) is 4.91 Å². The first-order chi connectivity index (χ1) is 16.3. The molecular weight excluding hydrogens is 466 g/mol. The van der Waals surface area contributed by atoms with E-state index in [0.29, 0.717) is 21.3 Å². The predicted octanol–water partition coefficient (Wildman–Crippen LogP) is 3.97. The highest BCUT2D eigenvalue weighted by Gasteiger charge is 2.35. The van der Waals surface area contributed by atoms with Crippen molar-refractivity contribution in [3.63, 3.8) is 0 Å². The van der Waals surface area contributed by atoms with Crippen molar-refractivity contribution in [3.05, 3.63) is 31.9 Å². The van der Waals surface area contributed by atoms with Crippen molar-refractivity contribution in [1.82, 2.24) is 14.4 Å². The van der Waals surface area contributed by atoms with E-state index < -0.39 is 0 Å². The topological polar surface area (TPSA) is 72.6 Å². The minimum atomic E-state index is -0.245. The number of amides is 1. The summed E-state index contributed by atoms with van der Waals surface area (Å²) in [6, 6.07) is 2.15. The van der Waals surface area contributed by atoms with Gasteiger partial charge in [0.15, 0.2) is 0 Å². The maximum atomic E-state index is 13.4. The van der Waals surface area contributed by atoms with Crippen LogP contribution in [0.15, 0.2) is 9.70 Å². The molecule has 3 rings (SSSR count). The van der Waals surface area contributed by atoms with Gasteiger partial charge in [-0.2, -0.15) is 5.26 Å². The van der Waals surface area contributed by atoms with Crippen molar-refractivity contribution in [2.45, 2.75) is 66.5 Å². The molecule has 0 bridgehead atoms. The van der Waals surface area contributed by atoms with Gasteiger partial charge in [0.25, 0.3) is 11.5 Å². The van der Waals surface area contributed by atoms with E-state index in [1.807, 2.05) is 26.8 Å². The number of pyridine rings is 1. The smallest absolute Gasteiger partial charge is 0.270 e. The van der Waals surface area contributed by atoms with Crippen LogP contribution in [0.1, 0.15) is 63.6 Å². The van der Waals surface area contributed by atoms with E-state index in [2.05, 4.69) is 29.7 Å². The zero-order chi connectivity index (χ0) is 25.0. The van der Waals surface area contributed by atoms with Crippen LogP contribution in [0.5, 0.6) is 0 Å². The SMILES string of the molecule is CCCCn1c(N2CCN(CC)CC2)c(C=C2SC(=S)N(C(C)CC)C2=O)c(C)c(C#N)c1=O. The van der Waals surface area contributed by atoms with Gasteiger partial charge in [-0.05, 0) is 44.9 Å². The fraction of sp³-hybridized carbons (Fsp3) is 0.600. The summed E-state index contributed by atoms with van der Waals surface area (Å²) in [5.74, 6) is 0.717. The summed E-state index contributed by atoms with van der Waals surface area (Å²) in [6.45, 7) is 15.0. The third-order valence-electron chi connectivity index (χ3n) is 6.83. The van der Waals surface area contributed by atoms with E-state index in [1.54, 1.807) is 9.47 Å². The normalized spacial score (nSPS) is 19.2. The Morgan fingerprint density at radius 1 is 1.18 bits per heavy atom. The van der Waals surface area contributed by atoms with E-state index in [9.17, 15) is 14.9 Å². The molecule has 2 fully saturated rings. The number of piperazine rings is 1. The van der Waals surface area contributed by atoms with Gasteiger partial charge in [-0.1, -0.05) is 51.2 Å². The second-order valence-electron chi connectivity index (χ2n) is 8.89. The molecule has 7 nitrogen and oxygen atoms in total. The number of anilines is 1. The van der Waals surface area contributed by atoms with E-state index >= 15 is 0 Å². The molecule has 1 aromatic rings. The number of unbranched alkanes of at least 4 members (excludes halogenated alkanes) is 1. The molecule has 3 heterocycles. The Morgan fingerprint density at radius 2 is 1.85 bits per heavy atom. The summed E-state index contributed by atoms with van der Waals surface area (Å²) in [5.41, 5.74) is 1.31. The van der Waals surface area contributed by atoms with Crippen LogP contribution in [0, 0.1) is 18.3 Å². The van der Waals surface area contributed by atoms with Gasteiger partial charge >= 0.3 is 0 Å². The van der Waals surface area contributed by atoms with Gasteiger partial charge in [-0.15, -0.1) is 0 Å². The number of hydrogen-bond donors (Lipinski definition) is 0. The second kappa shape index (κ2) is 11.5. The van der Waals surface area contributed by atoms with Crippen LogP contribution in [0.3, 0.4) is 0 Å². The number of carbonyl (C=O) groups is 1. The van der Waals surface area contributed by atoms with Gasteiger partial charge in [0, 0.05) is 44.3 Å². The number of nitriles is 1. The number of hydrogen-bond acceptors (Lipinski definition) is 7. The van der Waals surface area contributed by atoms with Crippen molar-refractivity contribution in [3.8, 4) is 6.07 Å². The van der Waals surface area contributed by atoms with E-state index in [1.165, 1.54) is 11.8 Å². The summed E-state index contributed by atoms with van der Waals surface area (Å²) in [6.07, 6.45) is 4.45. The number of nitrogens with zero attached hydrogens (tertiary/aromatic N) is 5. The molecule has 0 aromatic carbocycles. The zero-order valence-corrected chi connectivity index (χ0v) is 22.5. The standard InChI is InChI=1S/C25H35N5O2S2/c1-6-9-10-29-22(28-13-11-27(8-3)12-14-28)19(18(5)20(16-26)23(29)31)15-21-24(32)30(17(4)7-2)25(33)34-21/h15,17H,6-14H2,1-5H3. The monoisotopic (exact) mass is 501 g/mol. The Labute approximate surface area is 212 Å². The minimum Gasteiger partial charge on any atom is -0.355 e. The molecule has 0 N–H and O–H groups in total. The number of likely N-dealkylation sites (N-methyl/N-ethyl adjacent to an activating group) is 1. The first-order valence-electron chi connectivity index (χ1n) is 12.2. The summed E-state index contributed by atoms with van der Waals surface area (Å²) in [7, 11) is 0. The van der Waals surface area contributed by atoms with E-state index in [0.717, 1.165) is 63.4 Å². The van der Waals surface area contributed by atoms with Gasteiger partial charge in [0.2, 0.25) is 0 Å². The Bertz CT molecular complexity index is 1080. The Kier molecular flexibility index (Phi) is 8.96. The van der Waals surface area contributed by atoms with Gasteiger partial charge in [0.1, 0.15) is 21.8 Å². The maximum absolute atomic E-state index is 13.4. The van der Waals surface area contributed by atoms with Crippen molar-refractivity contribution in [2.75, 3.05) is 37.6 Å². The molecule has 1 unspecified atom stereocenters. The lowest BCUT2D eigenvalue weighted by atomic mass is 10.0. The lowest BCUT2D eigenvalue weighted by molar-refractivity contribution is -0.123. The quantitative estimate of drug-likeness (QED) is 0.394. The van der Waals surface area contributed by atoms with Crippen molar-refractivity contribution in [1.29, 1.82) is 5.26 Å². The second-order valence-corrected chi connectivity index (χ2v) is 10.6. The average molecular weight is 502 g/mol. The van der Waals surface area contributed by atoms with Crippen LogP contribution in [0.4, 0.5) is 5.82 Å². The number of thiocarbonyl (C=S) groups is 1. The molecule has 0 spiro atoms. The van der Waals surface area contributed by atoms with Gasteiger partial charge < -0.3 is 9.80 Å². The molecule has 2 aliphatic rings. The molecule has 1 aromatic heterocycles. The first kappa shape index (κ1) is 26.5. The molecule has 0 saturated carbocycles. The van der Waals surface area contributed by atoms with Crippen LogP contribution in [0.2, 0.25) is 0 Å². The molecule has 1 amide bonds. The number of thioether (sulfide) groups is 1. The third-order valence-corrected chi connectivity index (χ3v) is 8.16. The van der Waals surface area contributed by atoms with Crippen LogP contribution in [0.25, 0.3) is 6.08 Å². The number of rotatable bonds is 8. The molecule has 0 aliphatic carbocycles. The average Bonchev–Trinajstić information content (AvgIpc) is 3.12. The van der Waals surface area contributed by atoms with E-state index in [4.69, 9.17) is 12.2 Å². The fourth-order valence-corrected chi connectivity index (χ4v) is 5.90. The molecular formula is C25H35N5O2S2. The zero-order valence-electron chi connectivity index (χ0n) is 20.9. The largest absolute Gasteiger partial charge is 0.355 e. The molecule has 9 heteroatoms. The summed E-state index contributed by atoms with van der Waals surface area (Å²) >= 11 is 6.83. The van der Waals surface area contributed by atoms with Crippen LogP contribution >= 0.6 is 24.0 Å². The lowest BCUT2D eigenvalue weighted by Crippen LogP contribution is -2.48.